The van der Waals surface area contributed by atoms with Gasteiger partial charge in [-0.1, -0.05) is 52.0 Å². The van der Waals surface area contributed by atoms with Crippen molar-refractivity contribution in [3.63, 3.8) is 0 Å². The van der Waals surface area contributed by atoms with E-state index in [1.54, 1.807) is 0 Å². The van der Waals surface area contributed by atoms with Gasteiger partial charge in [-0.3, -0.25) is 0 Å². The van der Waals surface area contributed by atoms with Crippen molar-refractivity contribution in [3.8, 4) is 0 Å². The van der Waals surface area contributed by atoms with Crippen LogP contribution in [0.1, 0.15) is 70.6 Å². The Hall–Kier alpha value is -1.57. The van der Waals surface area contributed by atoms with E-state index >= 15 is 0 Å². The highest BCUT2D eigenvalue weighted by atomic mass is 16.5. The molecule has 1 aliphatic carbocycles. The van der Waals surface area contributed by atoms with Gasteiger partial charge in [0.1, 0.15) is 0 Å². The van der Waals surface area contributed by atoms with Gasteiger partial charge in [0.05, 0.1) is 6.61 Å². The number of hydrogen-bond acceptors (Lipinski definition) is 2. The third-order valence-electron chi connectivity index (χ3n) is 5.06. The van der Waals surface area contributed by atoms with Crippen LogP contribution < -0.4 is 0 Å². The first kappa shape index (κ1) is 17.8. The van der Waals surface area contributed by atoms with E-state index in [4.69, 9.17) is 4.74 Å². The topological polar surface area (TPSA) is 26.3 Å². The van der Waals surface area contributed by atoms with Crippen LogP contribution in [0.4, 0.5) is 0 Å². The van der Waals surface area contributed by atoms with E-state index in [0.29, 0.717) is 6.61 Å². The monoisotopic (exact) mass is 314 g/mol. The highest BCUT2D eigenvalue weighted by molar-refractivity contribution is 5.81. The Kier molecular flexibility index (Phi) is 5.33. The minimum atomic E-state index is -0.249. The maximum absolute atomic E-state index is 11.3. The van der Waals surface area contributed by atoms with Gasteiger partial charge in [-0.25, -0.2) is 4.79 Å². The summed E-state index contributed by atoms with van der Waals surface area (Å²) in [6, 6.07) is 6.95. The number of fused-ring (bicyclic) bond motifs is 1. The summed E-state index contributed by atoms with van der Waals surface area (Å²) in [5.41, 5.74) is 4.87. The predicted molar refractivity (Wildman–Crippen MR) is 95.8 cm³/mol. The molecule has 0 saturated carbocycles. The van der Waals surface area contributed by atoms with E-state index in [1.807, 2.05) is 13.0 Å². The van der Waals surface area contributed by atoms with Gasteiger partial charge in [0.25, 0.3) is 0 Å². The predicted octanol–water partition coefficient (Wildman–Crippen LogP) is 5.09. The molecule has 0 bridgehead atoms. The first-order valence-corrected chi connectivity index (χ1v) is 8.73. The van der Waals surface area contributed by atoms with Gasteiger partial charge in [0.2, 0.25) is 0 Å². The zero-order valence-electron chi connectivity index (χ0n) is 15.2. The van der Waals surface area contributed by atoms with Gasteiger partial charge in [-0.05, 0) is 60.1 Å². The molecule has 0 radical (unpaired) electrons. The lowest BCUT2D eigenvalue weighted by Gasteiger charge is -2.42. The maximum atomic E-state index is 11.3. The second kappa shape index (κ2) is 6.90. The lowest BCUT2D eigenvalue weighted by molar-refractivity contribution is -0.137. The van der Waals surface area contributed by atoms with Crippen LogP contribution >= 0.6 is 0 Å². The van der Waals surface area contributed by atoms with Crippen LogP contribution in [0.3, 0.4) is 0 Å². The van der Waals surface area contributed by atoms with E-state index in [0.717, 1.165) is 12.8 Å². The molecule has 0 N–H and O–H groups in total. The fraction of sp³-hybridized carbons (Fsp3) is 0.571. The molecule has 23 heavy (non-hydrogen) atoms. The lowest BCUT2D eigenvalue weighted by atomic mass is 9.63. The summed E-state index contributed by atoms with van der Waals surface area (Å²) >= 11 is 0. The van der Waals surface area contributed by atoms with Gasteiger partial charge in [-0.2, -0.15) is 0 Å². The first-order valence-electron chi connectivity index (χ1n) is 8.73. The van der Waals surface area contributed by atoms with Crippen LogP contribution in [-0.4, -0.2) is 12.6 Å². The molecular weight excluding hydrogens is 284 g/mol. The fourth-order valence-electron chi connectivity index (χ4n) is 3.41. The Bertz CT molecular complexity index is 594. The number of hydrogen-bond donors (Lipinski definition) is 0. The van der Waals surface area contributed by atoms with Gasteiger partial charge < -0.3 is 4.74 Å². The second-order valence-electron chi connectivity index (χ2n) is 7.84. The molecule has 0 aliphatic heterocycles. The summed E-state index contributed by atoms with van der Waals surface area (Å²) in [5.74, 6) is -0.249. The number of ether oxygens (including phenoxy) is 1. The molecule has 1 aromatic rings. The summed E-state index contributed by atoms with van der Waals surface area (Å²) in [7, 11) is 0. The molecule has 0 spiro atoms. The van der Waals surface area contributed by atoms with Crippen LogP contribution in [-0.2, 0) is 26.8 Å². The SMILES string of the molecule is CCOC(=O)C=CCCc1ccc2c(c1)C(C)(C)CCC2(C)C. The normalized spacial score (nSPS) is 18.7. The van der Waals surface area contributed by atoms with Crippen molar-refractivity contribution in [2.75, 3.05) is 6.61 Å². The highest BCUT2D eigenvalue weighted by Crippen LogP contribution is 2.45. The molecule has 2 rings (SSSR count). The lowest BCUT2D eigenvalue weighted by Crippen LogP contribution is -2.33. The maximum Gasteiger partial charge on any atom is 0.330 e. The second-order valence-corrected chi connectivity index (χ2v) is 7.84. The molecule has 0 amide bonds. The van der Waals surface area contributed by atoms with Gasteiger partial charge >= 0.3 is 5.97 Å². The third kappa shape index (κ3) is 4.25. The summed E-state index contributed by atoms with van der Waals surface area (Å²) in [4.78, 5) is 11.3. The quantitative estimate of drug-likeness (QED) is 0.559. The van der Waals surface area contributed by atoms with Crippen LogP contribution in [0.15, 0.2) is 30.4 Å². The van der Waals surface area contributed by atoms with E-state index < -0.39 is 0 Å². The van der Waals surface area contributed by atoms with Crippen molar-refractivity contribution in [2.24, 2.45) is 0 Å². The Balaban J connectivity index is 2.10. The van der Waals surface area contributed by atoms with Crippen LogP contribution in [0, 0.1) is 0 Å². The van der Waals surface area contributed by atoms with E-state index in [2.05, 4.69) is 45.9 Å². The summed E-state index contributed by atoms with van der Waals surface area (Å²) in [6.07, 6.45) is 7.75. The van der Waals surface area contributed by atoms with E-state index in [-0.39, 0.29) is 16.8 Å². The van der Waals surface area contributed by atoms with Crippen molar-refractivity contribution < 1.29 is 9.53 Å². The van der Waals surface area contributed by atoms with Gasteiger partial charge in [-0.15, -0.1) is 0 Å². The number of carbonyl (C=O) groups is 1. The number of allylic oxidation sites excluding steroid dienone is 1. The zero-order valence-corrected chi connectivity index (χ0v) is 15.2. The molecule has 0 saturated heterocycles. The molecule has 2 nitrogen and oxygen atoms in total. The van der Waals surface area contributed by atoms with Gasteiger partial charge in [0.15, 0.2) is 0 Å². The Labute approximate surface area is 140 Å². The number of benzene rings is 1. The number of esters is 1. The Morgan fingerprint density at radius 1 is 1.13 bits per heavy atom. The molecule has 1 aliphatic rings. The van der Waals surface area contributed by atoms with E-state index in [9.17, 15) is 4.79 Å². The molecular formula is C21H30O2. The average Bonchev–Trinajstić information content (AvgIpc) is 2.49. The molecule has 126 valence electrons. The standard InChI is InChI=1S/C21H30O2/c1-6-23-19(22)10-8-7-9-16-11-12-17-18(15-16)21(4,5)14-13-20(17,2)3/h8,10-12,15H,6-7,9,13-14H2,1-5H3. The smallest absolute Gasteiger partial charge is 0.330 e. The van der Waals surface area contributed by atoms with Crippen LogP contribution in [0.5, 0.6) is 0 Å². The molecule has 0 atom stereocenters. The molecule has 0 heterocycles. The molecule has 1 aromatic carbocycles. The highest BCUT2D eigenvalue weighted by Gasteiger charge is 2.36. The number of carbonyl (C=O) groups excluding carboxylic acids is 1. The minimum Gasteiger partial charge on any atom is -0.463 e. The number of rotatable bonds is 5. The van der Waals surface area contributed by atoms with Crippen LogP contribution in [0.2, 0.25) is 0 Å². The molecule has 0 aromatic heterocycles. The largest absolute Gasteiger partial charge is 0.463 e. The van der Waals surface area contributed by atoms with Crippen molar-refractivity contribution in [2.45, 2.75) is 71.1 Å². The Morgan fingerprint density at radius 2 is 1.78 bits per heavy atom. The summed E-state index contributed by atoms with van der Waals surface area (Å²) < 4.78 is 4.89. The summed E-state index contributed by atoms with van der Waals surface area (Å²) in [6.45, 7) is 11.7. The molecule has 2 heteroatoms. The van der Waals surface area contributed by atoms with Gasteiger partial charge in [0, 0.05) is 6.08 Å². The summed E-state index contributed by atoms with van der Waals surface area (Å²) in [5, 5.41) is 0. The van der Waals surface area contributed by atoms with E-state index in [1.165, 1.54) is 35.6 Å². The average molecular weight is 314 g/mol. The zero-order chi connectivity index (χ0) is 17.1. The van der Waals surface area contributed by atoms with Crippen LogP contribution in [0.25, 0.3) is 0 Å². The molecule has 0 unspecified atom stereocenters. The van der Waals surface area contributed by atoms with Crippen molar-refractivity contribution in [1.82, 2.24) is 0 Å². The minimum absolute atomic E-state index is 0.249. The van der Waals surface area contributed by atoms with Crippen molar-refractivity contribution in [1.29, 1.82) is 0 Å². The number of aryl methyl sites for hydroxylation is 1. The van der Waals surface area contributed by atoms with Crippen molar-refractivity contribution in [3.05, 3.63) is 47.0 Å². The third-order valence-corrected chi connectivity index (χ3v) is 5.06. The molecule has 0 fully saturated rings. The van der Waals surface area contributed by atoms with Crippen molar-refractivity contribution >= 4 is 5.97 Å². The fourth-order valence-corrected chi connectivity index (χ4v) is 3.41. The first-order chi connectivity index (χ1) is 10.8. The Morgan fingerprint density at radius 3 is 2.43 bits per heavy atom.